The number of nitrogens with zero attached hydrogens (tertiary/aromatic N) is 8. The van der Waals surface area contributed by atoms with Crippen molar-refractivity contribution in [3.8, 4) is 17.2 Å². The first kappa shape index (κ1) is 45.7. The molecule has 8 aromatic rings. The summed E-state index contributed by atoms with van der Waals surface area (Å²) in [5.41, 5.74) is 1.97. The molecule has 0 fully saturated rings. The zero-order chi connectivity index (χ0) is 48.0. The van der Waals surface area contributed by atoms with Crippen LogP contribution in [-0.4, -0.2) is 76.2 Å². The number of phenolic OH excluding ortho intramolecular Hbond substituents is 1. The summed E-state index contributed by atoms with van der Waals surface area (Å²) >= 11 is 0. The molecule has 0 amide bonds. The molecule has 7 aromatic carbocycles. The summed E-state index contributed by atoms with van der Waals surface area (Å²) < 4.78 is 107. The number of nitro benzene ring substituents is 1. The van der Waals surface area contributed by atoms with Crippen molar-refractivity contribution < 1.29 is 58.8 Å². The van der Waals surface area contributed by atoms with Gasteiger partial charge in [-0.05, 0) is 83.2 Å². The number of aromatic hydroxyl groups is 1. The van der Waals surface area contributed by atoms with Gasteiger partial charge in [-0.15, -0.1) is 20.4 Å². The van der Waals surface area contributed by atoms with Crippen LogP contribution in [0.2, 0.25) is 0 Å². The molecule has 67 heavy (non-hydrogen) atoms. The van der Waals surface area contributed by atoms with Gasteiger partial charge in [0.15, 0.2) is 5.75 Å². The lowest BCUT2D eigenvalue weighted by molar-refractivity contribution is -0.385. The van der Waals surface area contributed by atoms with E-state index >= 15 is 0 Å². The van der Waals surface area contributed by atoms with Crippen LogP contribution in [-0.2, 0) is 37.0 Å². The number of methoxy groups -OCH3 is 1. The summed E-state index contributed by atoms with van der Waals surface area (Å²) in [5, 5.41) is 59.2. The Morgan fingerprint density at radius 1 is 0.687 bits per heavy atom. The van der Waals surface area contributed by atoms with E-state index in [9.17, 15) is 59.2 Å². The first-order valence-electron chi connectivity index (χ1n) is 19.0. The second-order valence-corrected chi connectivity index (χ2v) is 18.5. The maximum atomic E-state index is 12.2. The van der Waals surface area contributed by atoms with Crippen LogP contribution in [0.3, 0.4) is 0 Å². The molecule has 0 bridgehead atoms. The maximum absolute atomic E-state index is 12.2. The molecule has 22 nitrogen and oxygen atoms in total. The van der Waals surface area contributed by atoms with Gasteiger partial charge in [0, 0.05) is 39.9 Å². The lowest BCUT2D eigenvalue weighted by atomic mass is 10.1. The van der Waals surface area contributed by atoms with E-state index in [1.54, 1.807) is 48.5 Å². The number of fused-ring (bicyclic) bond motifs is 4. The topological polar surface area (TPSA) is 336 Å². The average Bonchev–Trinajstić information content (AvgIpc) is 3.74. The highest BCUT2D eigenvalue weighted by atomic mass is 32.2. The minimum atomic E-state index is -4.93. The van der Waals surface area contributed by atoms with Gasteiger partial charge in [0.25, 0.3) is 36.0 Å². The Kier molecular flexibility index (Phi) is 11.9. The number of aliphatic hydroxyl groups is 1. The Morgan fingerprint density at radius 2 is 1.39 bits per heavy atom. The first-order valence-corrected chi connectivity index (χ1v) is 23.3. The number of nitro groups is 1. The molecule has 0 atom stereocenters. The molecule has 0 unspecified atom stereocenters. The number of ether oxygens (including phenoxy) is 1. The van der Waals surface area contributed by atoms with Crippen LogP contribution in [0, 0.1) is 10.1 Å². The van der Waals surface area contributed by atoms with Gasteiger partial charge in [-0.1, -0.05) is 36.4 Å². The molecule has 0 saturated carbocycles. The summed E-state index contributed by atoms with van der Waals surface area (Å²) in [5.74, 6) is -0.0403. The van der Waals surface area contributed by atoms with Crippen molar-refractivity contribution in [2.24, 2.45) is 20.5 Å². The average molecular weight is 967 g/mol. The van der Waals surface area contributed by atoms with Crippen LogP contribution in [0.25, 0.3) is 50.4 Å². The Labute approximate surface area is 377 Å². The molecule has 0 aliphatic rings. The zero-order valence-corrected chi connectivity index (χ0v) is 36.4. The van der Waals surface area contributed by atoms with Crippen LogP contribution in [0.5, 0.6) is 11.5 Å². The number of hydrogen-bond donors (Lipinski definition) is 5. The van der Waals surface area contributed by atoms with Gasteiger partial charge in [0.1, 0.15) is 37.9 Å². The molecular weight excluding hydrogens is 937 g/mol. The van der Waals surface area contributed by atoms with Crippen LogP contribution >= 0.6 is 0 Å². The third kappa shape index (κ3) is 9.45. The van der Waals surface area contributed by atoms with Crippen molar-refractivity contribution in [3.05, 3.63) is 136 Å². The third-order valence-electron chi connectivity index (χ3n) is 10.1. The van der Waals surface area contributed by atoms with Gasteiger partial charge in [-0.2, -0.15) is 40.3 Å². The number of phenols is 1. The molecule has 0 radical (unpaired) electrons. The summed E-state index contributed by atoms with van der Waals surface area (Å²) in [6.45, 7) is -0.476. The first-order chi connectivity index (χ1) is 31.7. The van der Waals surface area contributed by atoms with Crippen molar-refractivity contribution in [1.82, 2.24) is 15.0 Å². The van der Waals surface area contributed by atoms with Gasteiger partial charge in [-0.3, -0.25) is 23.8 Å². The van der Waals surface area contributed by atoms with E-state index in [2.05, 4.69) is 30.7 Å². The number of azo groups is 2. The molecule has 8 rings (SSSR count). The Hall–Kier alpha value is -7.91. The number of non-ortho nitro benzene ring substituents is 1. The van der Waals surface area contributed by atoms with E-state index in [1.165, 1.54) is 60.5 Å². The maximum Gasteiger partial charge on any atom is 0.295 e. The molecule has 0 spiro atoms. The molecule has 0 aliphatic carbocycles. The van der Waals surface area contributed by atoms with Crippen LogP contribution in [0.4, 0.5) is 28.4 Å². The Bertz CT molecular complexity index is 3800. The van der Waals surface area contributed by atoms with Gasteiger partial charge in [0.05, 0.1) is 40.6 Å². The van der Waals surface area contributed by atoms with E-state index < -0.39 is 62.3 Å². The van der Waals surface area contributed by atoms with Gasteiger partial charge >= 0.3 is 0 Å². The minimum Gasteiger partial charge on any atom is -0.505 e. The number of rotatable bonds is 13. The molecule has 0 saturated heterocycles. The lowest BCUT2D eigenvalue weighted by Gasteiger charge is -2.09. The monoisotopic (exact) mass is 966 g/mol. The molecule has 340 valence electrons. The summed E-state index contributed by atoms with van der Waals surface area (Å²) in [6, 6.07) is 24.8. The predicted molar refractivity (Wildman–Crippen MR) is 241 cm³/mol. The molecular formula is C42H30N8O14S3. The van der Waals surface area contributed by atoms with Crippen molar-refractivity contribution in [2.75, 3.05) is 7.11 Å². The predicted octanol–water partition coefficient (Wildman–Crippen LogP) is 8.58. The van der Waals surface area contributed by atoms with Gasteiger partial charge in [-0.25, -0.2) is 0 Å². The summed E-state index contributed by atoms with van der Waals surface area (Å²) in [4.78, 5) is 9.36. The van der Waals surface area contributed by atoms with E-state index in [4.69, 9.17) is 4.74 Å². The molecule has 1 heterocycles. The van der Waals surface area contributed by atoms with Crippen LogP contribution in [0.15, 0.2) is 144 Å². The second kappa shape index (κ2) is 17.5. The standard InChI is InChI=1S/C42H30N8O14S3/c1-64-38-21-36(45-43-27-8-3-23(4-9-27)2-5-24-6-10-29(50(53)54)18-39(24)66(58,59)60)26(22-51)17-37(38)46-44-35-14-7-25-16-28(11-12-31(25)42(35)52)49-47-34-15-13-32-33(41(34)48-49)19-30(65(55,56)57)20-40(32)67(61,62)63/h2-21,51-52H,22H2,1H3,(H,55,56,57)(H,58,59,60)(H,61,62,63). The number of benzene rings is 7. The molecule has 5 N–H and O–H groups in total. The lowest BCUT2D eigenvalue weighted by Crippen LogP contribution is -2.04. The van der Waals surface area contributed by atoms with E-state index in [0.29, 0.717) is 39.3 Å². The molecule has 0 aliphatic heterocycles. The number of hydrogen-bond acceptors (Lipinski definition) is 17. The normalized spacial score (nSPS) is 12.7. The van der Waals surface area contributed by atoms with Crippen molar-refractivity contribution in [1.29, 1.82) is 0 Å². The van der Waals surface area contributed by atoms with E-state index in [-0.39, 0.29) is 55.9 Å². The van der Waals surface area contributed by atoms with Crippen molar-refractivity contribution >= 4 is 104 Å². The smallest absolute Gasteiger partial charge is 0.295 e. The SMILES string of the molecule is COc1cc(N=Nc2ccc(C=Cc3ccc([N+](=O)[O-])cc3S(=O)(=O)O)cc2)c(CO)cc1N=Nc1ccc2cc(-n3nc4ccc5c(S(=O)(=O)O)cc(S(=O)(=O)O)cc5c4n3)ccc2c1O. The van der Waals surface area contributed by atoms with Gasteiger partial charge in [0.2, 0.25) is 0 Å². The quantitative estimate of drug-likeness (QED) is 0.0237. The highest BCUT2D eigenvalue weighted by Crippen LogP contribution is 2.40. The number of aliphatic hydroxyl groups excluding tert-OH is 1. The van der Waals surface area contributed by atoms with Crippen molar-refractivity contribution in [3.63, 3.8) is 0 Å². The molecule has 1 aromatic heterocycles. The largest absolute Gasteiger partial charge is 0.505 e. The summed E-state index contributed by atoms with van der Waals surface area (Å²) in [7, 11) is -13.2. The van der Waals surface area contributed by atoms with Gasteiger partial charge < -0.3 is 14.9 Å². The fourth-order valence-corrected chi connectivity index (χ4v) is 8.89. The highest BCUT2D eigenvalue weighted by molar-refractivity contribution is 7.87. The number of aromatic nitrogens is 3. The second-order valence-electron chi connectivity index (χ2n) is 14.3. The van der Waals surface area contributed by atoms with Crippen LogP contribution in [0.1, 0.15) is 16.7 Å². The highest BCUT2D eigenvalue weighted by Gasteiger charge is 2.23. The minimum absolute atomic E-state index is 0.0240. The fourth-order valence-electron chi connectivity index (χ4n) is 6.84. The fraction of sp³-hybridized carbons (Fsp3) is 0.0476. The Morgan fingerprint density at radius 3 is 2.06 bits per heavy atom. The zero-order valence-electron chi connectivity index (χ0n) is 34.0. The van der Waals surface area contributed by atoms with Crippen LogP contribution < -0.4 is 4.74 Å². The van der Waals surface area contributed by atoms with E-state index in [1.807, 2.05) is 0 Å². The van der Waals surface area contributed by atoms with E-state index in [0.717, 1.165) is 18.2 Å². The summed E-state index contributed by atoms with van der Waals surface area (Å²) in [6.07, 6.45) is 2.90. The van der Waals surface area contributed by atoms with Crippen molar-refractivity contribution in [2.45, 2.75) is 21.3 Å². The molecule has 25 heteroatoms. The third-order valence-corrected chi connectivity index (χ3v) is 12.7. The Balaban J connectivity index is 1.02.